The first-order valence-electron chi connectivity index (χ1n) is 10.6. The van der Waals surface area contributed by atoms with Crippen LogP contribution in [0.5, 0.6) is 5.75 Å². The molecule has 0 saturated heterocycles. The number of hydrogen-bond acceptors (Lipinski definition) is 9. The molecule has 1 aliphatic heterocycles. The van der Waals surface area contributed by atoms with Gasteiger partial charge in [0.05, 0.1) is 17.8 Å². The Morgan fingerprint density at radius 2 is 1.97 bits per heavy atom. The van der Waals surface area contributed by atoms with Gasteiger partial charge in [0.1, 0.15) is 11.6 Å². The second-order valence-electron chi connectivity index (χ2n) is 7.71. The van der Waals surface area contributed by atoms with E-state index in [1.807, 2.05) is 19.1 Å². The summed E-state index contributed by atoms with van der Waals surface area (Å²) >= 11 is 0. The van der Waals surface area contributed by atoms with Crippen LogP contribution in [0.1, 0.15) is 5.56 Å². The van der Waals surface area contributed by atoms with E-state index in [2.05, 4.69) is 25.6 Å². The molecule has 1 aliphatic rings. The number of benzene rings is 2. The molecule has 0 bridgehead atoms. The second kappa shape index (κ2) is 8.87. The average Bonchev–Trinajstić information content (AvgIpc) is 3.20. The van der Waals surface area contributed by atoms with Gasteiger partial charge in [-0.1, -0.05) is 0 Å². The second-order valence-corrected chi connectivity index (χ2v) is 7.71. The maximum absolute atomic E-state index is 12.2. The van der Waals surface area contributed by atoms with Crippen LogP contribution in [0.3, 0.4) is 0 Å². The lowest BCUT2D eigenvalue weighted by molar-refractivity contribution is -0.121. The van der Waals surface area contributed by atoms with Crippen LogP contribution in [0.4, 0.5) is 28.8 Å². The first-order valence-corrected chi connectivity index (χ1v) is 10.6. The normalized spacial score (nSPS) is 13.0. The minimum atomic E-state index is -0.503. The highest BCUT2D eigenvalue weighted by Gasteiger charge is 2.25. The molecule has 2 aromatic heterocycles. The summed E-state index contributed by atoms with van der Waals surface area (Å²) in [6.45, 7) is 2.75. The Balaban J connectivity index is 1.36. The Bertz CT molecular complexity index is 1430. The molecule has 0 atom stereocenters. The van der Waals surface area contributed by atoms with Crippen LogP contribution in [0.2, 0.25) is 0 Å². The predicted molar refractivity (Wildman–Crippen MR) is 126 cm³/mol. The lowest BCUT2D eigenvalue weighted by atomic mass is 10.2. The summed E-state index contributed by atoms with van der Waals surface area (Å²) in [5.74, 6) is 0.966. The molecule has 0 fully saturated rings. The van der Waals surface area contributed by atoms with Crippen LogP contribution in [0.25, 0.3) is 11.1 Å². The third-order valence-electron chi connectivity index (χ3n) is 5.33. The Morgan fingerprint density at radius 3 is 2.82 bits per heavy atom. The van der Waals surface area contributed by atoms with E-state index in [1.54, 1.807) is 42.5 Å². The fourth-order valence-electron chi connectivity index (χ4n) is 3.63. The van der Waals surface area contributed by atoms with E-state index in [1.165, 1.54) is 0 Å². The number of H-pyrrole nitrogens is 1. The number of anilines is 5. The fraction of sp³-hybridized carbons (Fsp3) is 0.217. The van der Waals surface area contributed by atoms with Crippen LogP contribution in [-0.2, 0) is 9.53 Å². The molecule has 0 aliphatic carbocycles. The fourth-order valence-corrected chi connectivity index (χ4v) is 3.63. The van der Waals surface area contributed by atoms with Gasteiger partial charge in [-0.2, -0.15) is 4.98 Å². The van der Waals surface area contributed by atoms with Crippen molar-refractivity contribution in [3.8, 4) is 5.75 Å². The number of aryl methyl sites for hydroxylation is 1. The minimum Gasteiger partial charge on any atom is -0.481 e. The molecule has 1 amide bonds. The van der Waals surface area contributed by atoms with E-state index in [9.17, 15) is 9.59 Å². The Hall–Kier alpha value is -4.38. The van der Waals surface area contributed by atoms with E-state index in [-0.39, 0.29) is 12.5 Å². The van der Waals surface area contributed by atoms with Crippen molar-refractivity contribution in [1.29, 1.82) is 0 Å². The number of methoxy groups -OCH3 is 1. The number of ether oxygens (including phenoxy) is 2. The van der Waals surface area contributed by atoms with Crippen molar-refractivity contribution in [3.63, 3.8) is 0 Å². The van der Waals surface area contributed by atoms with Crippen molar-refractivity contribution in [1.82, 2.24) is 15.0 Å². The Morgan fingerprint density at radius 1 is 1.15 bits per heavy atom. The van der Waals surface area contributed by atoms with Crippen molar-refractivity contribution < 1.29 is 18.7 Å². The number of rotatable bonds is 7. The van der Waals surface area contributed by atoms with E-state index >= 15 is 0 Å². The Kier molecular flexibility index (Phi) is 5.60. The van der Waals surface area contributed by atoms with Crippen LogP contribution >= 0.6 is 0 Å². The van der Waals surface area contributed by atoms with Gasteiger partial charge in [-0.3, -0.25) is 9.78 Å². The Labute approximate surface area is 193 Å². The third kappa shape index (κ3) is 4.28. The first kappa shape index (κ1) is 21.5. The SMILES string of the molecule is COCCN1C(=O)COc2cc(Nc3ncc(C)c(Nc4ccc5oc(=O)[nH]c5c4)n3)ccc21. The van der Waals surface area contributed by atoms with Gasteiger partial charge in [0.25, 0.3) is 5.91 Å². The van der Waals surface area contributed by atoms with Crippen molar-refractivity contribution in [2.45, 2.75) is 6.92 Å². The van der Waals surface area contributed by atoms with Gasteiger partial charge in [-0.25, -0.2) is 9.78 Å². The molecule has 2 aromatic carbocycles. The van der Waals surface area contributed by atoms with Gasteiger partial charge in [0.2, 0.25) is 5.95 Å². The van der Waals surface area contributed by atoms with Crippen LogP contribution in [-0.4, -0.2) is 47.7 Å². The molecular formula is C23H22N6O5. The maximum atomic E-state index is 12.2. The quantitative estimate of drug-likeness (QED) is 0.379. The molecule has 3 heterocycles. The van der Waals surface area contributed by atoms with Crippen molar-refractivity contribution in [2.75, 3.05) is 42.4 Å². The number of fused-ring (bicyclic) bond motifs is 2. The largest absolute Gasteiger partial charge is 0.481 e. The summed E-state index contributed by atoms with van der Waals surface area (Å²) in [6.07, 6.45) is 1.70. The molecule has 0 radical (unpaired) electrons. The van der Waals surface area contributed by atoms with Gasteiger partial charge in [0, 0.05) is 42.9 Å². The molecule has 0 unspecified atom stereocenters. The third-order valence-corrected chi connectivity index (χ3v) is 5.33. The highest BCUT2D eigenvalue weighted by molar-refractivity contribution is 5.98. The number of carbonyl (C=O) groups excluding carboxylic acids is 1. The molecule has 11 nitrogen and oxygen atoms in total. The molecule has 11 heteroatoms. The summed E-state index contributed by atoms with van der Waals surface area (Å²) in [6, 6.07) is 10.7. The zero-order valence-corrected chi connectivity index (χ0v) is 18.5. The number of nitrogens with zero attached hydrogens (tertiary/aromatic N) is 3. The summed E-state index contributed by atoms with van der Waals surface area (Å²) in [4.78, 5) is 36.8. The van der Waals surface area contributed by atoms with Crippen molar-refractivity contribution in [3.05, 3.63) is 58.7 Å². The van der Waals surface area contributed by atoms with Crippen molar-refractivity contribution >= 4 is 45.8 Å². The summed E-state index contributed by atoms with van der Waals surface area (Å²) in [5, 5.41) is 6.42. The van der Waals surface area contributed by atoms with Gasteiger partial charge in [-0.05, 0) is 37.3 Å². The molecular weight excluding hydrogens is 440 g/mol. The van der Waals surface area contributed by atoms with Crippen molar-refractivity contribution in [2.24, 2.45) is 0 Å². The maximum Gasteiger partial charge on any atom is 0.417 e. The number of oxazole rings is 1. The topological polar surface area (TPSA) is 135 Å². The zero-order chi connectivity index (χ0) is 23.7. The van der Waals surface area contributed by atoms with Crippen LogP contribution in [0.15, 0.2) is 51.8 Å². The van der Waals surface area contributed by atoms with E-state index in [0.29, 0.717) is 53.1 Å². The molecule has 34 heavy (non-hydrogen) atoms. The van der Waals surface area contributed by atoms with Gasteiger partial charge < -0.3 is 29.4 Å². The smallest absolute Gasteiger partial charge is 0.417 e. The highest BCUT2D eigenvalue weighted by Crippen LogP contribution is 2.35. The number of amides is 1. The van der Waals surface area contributed by atoms with E-state index in [0.717, 1.165) is 11.3 Å². The first-order chi connectivity index (χ1) is 16.5. The molecule has 0 spiro atoms. The molecule has 3 N–H and O–H groups in total. The number of carbonyl (C=O) groups is 1. The summed E-state index contributed by atoms with van der Waals surface area (Å²) in [7, 11) is 1.60. The molecule has 0 saturated carbocycles. The van der Waals surface area contributed by atoms with Crippen LogP contribution < -0.4 is 26.0 Å². The van der Waals surface area contributed by atoms with E-state index < -0.39 is 5.76 Å². The van der Waals surface area contributed by atoms with Gasteiger partial charge in [0.15, 0.2) is 12.2 Å². The standard InChI is InChI=1S/C23H22N6O5/c1-13-11-24-22(28-21(13)25-14-4-6-18-16(9-14)27-23(31)34-18)26-15-3-5-17-19(10-15)33-12-20(30)29(17)7-8-32-2/h3-6,9-11H,7-8,12H2,1-2H3,(H,27,31)(H2,24,25,26,28). The minimum absolute atomic E-state index is 0.0263. The van der Waals surface area contributed by atoms with Gasteiger partial charge in [-0.15, -0.1) is 0 Å². The lowest BCUT2D eigenvalue weighted by Crippen LogP contribution is -2.40. The predicted octanol–water partition coefficient (Wildman–Crippen LogP) is 3.08. The average molecular weight is 462 g/mol. The zero-order valence-electron chi connectivity index (χ0n) is 18.5. The highest BCUT2D eigenvalue weighted by atomic mass is 16.5. The number of aromatic amines is 1. The summed E-state index contributed by atoms with van der Waals surface area (Å²) in [5.41, 5.74) is 4.06. The number of nitrogens with one attached hydrogen (secondary N) is 3. The van der Waals surface area contributed by atoms with Crippen LogP contribution in [0, 0.1) is 6.92 Å². The monoisotopic (exact) mass is 462 g/mol. The number of aromatic nitrogens is 3. The summed E-state index contributed by atoms with van der Waals surface area (Å²) < 4.78 is 15.8. The molecule has 4 aromatic rings. The molecule has 5 rings (SSSR count). The number of hydrogen-bond donors (Lipinski definition) is 3. The molecule has 174 valence electrons. The lowest BCUT2D eigenvalue weighted by Gasteiger charge is -2.29. The van der Waals surface area contributed by atoms with E-state index in [4.69, 9.17) is 13.9 Å². The van der Waals surface area contributed by atoms with Gasteiger partial charge >= 0.3 is 5.76 Å².